The van der Waals surface area contributed by atoms with Gasteiger partial charge < -0.3 is 13.9 Å². The van der Waals surface area contributed by atoms with Crippen LogP contribution in [0.5, 0.6) is 5.75 Å². The van der Waals surface area contributed by atoms with E-state index >= 15 is 0 Å². The monoisotopic (exact) mass is 339 g/mol. The maximum atomic E-state index is 12.3. The van der Waals surface area contributed by atoms with Crippen LogP contribution in [0.2, 0.25) is 0 Å². The molecule has 1 heterocycles. The number of ether oxygens (including phenoxy) is 2. The van der Waals surface area contributed by atoms with Crippen LogP contribution in [0.1, 0.15) is 25.2 Å². The SMILES string of the molecule is CCCOc1ccc(S(=O)(=O)NCC(OC)c2ccco2)cc1. The molecule has 0 amide bonds. The van der Waals surface area contributed by atoms with E-state index in [0.29, 0.717) is 18.1 Å². The molecule has 0 fully saturated rings. The Morgan fingerprint density at radius 1 is 1.22 bits per heavy atom. The van der Waals surface area contributed by atoms with Crippen LogP contribution in [0.4, 0.5) is 0 Å². The van der Waals surface area contributed by atoms with Gasteiger partial charge >= 0.3 is 0 Å². The molecule has 0 saturated carbocycles. The minimum absolute atomic E-state index is 0.0838. The van der Waals surface area contributed by atoms with Crippen molar-refractivity contribution in [2.24, 2.45) is 0 Å². The summed E-state index contributed by atoms with van der Waals surface area (Å²) in [7, 11) is -2.12. The molecule has 2 rings (SSSR count). The van der Waals surface area contributed by atoms with E-state index in [1.54, 1.807) is 24.3 Å². The summed E-state index contributed by atoms with van der Waals surface area (Å²) >= 11 is 0. The second-order valence-corrected chi connectivity index (χ2v) is 6.68. The summed E-state index contributed by atoms with van der Waals surface area (Å²) in [6.45, 7) is 2.69. The molecule has 2 aromatic rings. The Morgan fingerprint density at radius 3 is 2.52 bits per heavy atom. The summed E-state index contributed by atoms with van der Waals surface area (Å²) in [5.74, 6) is 1.22. The molecule has 0 aliphatic heterocycles. The van der Waals surface area contributed by atoms with E-state index in [4.69, 9.17) is 13.9 Å². The zero-order chi connectivity index (χ0) is 16.7. The Labute approximate surface area is 136 Å². The Kier molecular flexibility index (Phi) is 6.20. The van der Waals surface area contributed by atoms with Gasteiger partial charge in [0.15, 0.2) is 0 Å². The highest BCUT2D eigenvalue weighted by Crippen LogP contribution is 2.19. The highest BCUT2D eigenvalue weighted by molar-refractivity contribution is 7.89. The number of methoxy groups -OCH3 is 1. The summed E-state index contributed by atoms with van der Waals surface area (Å²) in [6, 6.07) is 9.78. The van der Waals surface area contributed by atoms with Gasteiger partial charge in [-0.1, -0.05) is 6.92 Å². The van der Waals surface area contributed by atoms with Crippen LogP contribution in [-0.4, -0.2) is 28.7 Å². The van der Waals surface area contributed by atoms with E-state index in [-0.39, 0.29) is 11.4 Å². The number of rotatable bonds is 9. The molecule has 1 atom stereocenters. The predicted molar refractivity (Wildman–Crippen MR) is 85.9 cm³/mol. The first kappa shape index (κ1) is 17.5. The molecule has 0 aliphatic carbocycles. The zero-order valence-corrected chi connectivity index (χ0v) is 14.0. The third kappa shape index (κ3) is 4.82. The van der Waals surface area contributed by atoms with E-state index in [2.05, 4.69) is 4.72 Å². The van der Waals surface area contributed by atoms with Gasteiger partial charge in [0.1, 0.15) is 17.6 Å². The van der Waals surface area contributed by atoms with Crippen molar-refractivity contribution in [3.05, 3.63) is 48.4 Å². The molecule has 1 unspecified atom stereocenters. The van der Waals surface area contributed by atoms with Gasteiger partial charge in [0.2, 0.25) is 10.0 Å². The molecule has 6 nitrogen and oxygen atoms in total. The summed E-state index contributed by atoms with van der Waals surface area (Å²) in [5.41, 5.74) is 0. The van der Waals surface area contributed by atoms with E-state index in [9.17, 15) is 8.42 Å². The van der Waals surface area contributed by atoms with Crippen molar-refractivity contribution >= 4 is 10.0 Å². The number of benzene rings is 1. The third-order valence-electron chi connectivity index (χ3n) is 3.21. The maximum absolute atomic E-state index is 12.3. The second-order valence-electron chi connectivity index (χ2n) is 4.91. The lowest BCUT2D eigenvalue weighted by Gasteiger charge is -2.14. The van der Waals surface area contributed by atoms with Crippen LogP contribution in [0.15, 0.2) is 52.0 Å². The van der Waals surface area contributed by atoms with Crippen LogP contribution >= 0.6 is 0 Å². The van der Waals surface area contributed by atoms with Crippen LogP contribution in [0.3, 0.4) is 0 Å². The van der Waals surface area contributed by atoms with Crippen molar-refractivity contribution in [3.63, 3.8) is 0 Å². The predicted octanol–water partition coefficient (Wildman–Crippen LogP) is 2.73. The lowest BCUT2D eigenvalue weighted by Crippen LogP contribution is -2.29. The molecule has 0 saturated heterocycles. The molecule has 126 valence electrons. The third-order valence-corrected chi connectivity index (χ3v) is 4.65. The fourth-order valence-electron chi connectivity index (χ4n) is 1.98. The molecule has 0 aliphatic rings. The quantitative estimate of drug-likeness (QED) is 0.760. The standard InChI is InChI=1S/C16H21NO5S/c1-3-10-21-13-6-8-14(9-7-13)23(18,19)17-12-16(20-2)15-5-4-11-22-15/h4-9,11,16-17H,3,10,12H2,1-2H3. The van der Waals surface area contributed by atoms with Crippen molar-refractivity contribution in [2.45, 2.75) is 24.3 Å². The largest absolute Gasteiger partial charge is 0.494 e. The number of nitrogens with one attached hydrogen (secondary N) is 1. The van der Waals surface area contributed by atoms with E-state index in [1.807, 2.05) is 6.92 Å². The van der Waals surface area contributed by atoms with Gasteiger partial charge in [-0.15, -0.1) is 0 Å². The van der Waals surface area contributed by atoms with Gasteiger partial charge in [0.25, 0.3) is 0 Å². The van der Waals surface area contributed by atoms with Gasteiger partial charge in [0.05, 0.1) is 17.8 Å². The molecular formula is C16H21NO5S. The fraction of sp³-hybridized carbons (Fsp3) is 0.375. The summed E-state index contributed by atoms with van der Waals surface area (Å²) in [4.78, 5) is 0.177. The molecule has 0 bridgehead atoms. The summed E-state index contributed by atoms with van der Waals surface area (Å²) < 4.78 is 43.1. The lowest BCUT2D eigenvalue weighted by atomic mass is 10.3. The first-order chi connectivity index (χ1) is 11.1. The second kappa shape index (κ2) is 8.14. The van der Waals surface area contributed by atoms with Gasteiger partial charge in [-0.05, 0) is 42.8 Å². The number of furan rings is 1. The zero-order valence-electron chi connectivity index (χ0n) is 13.2. The normalized spacial score (nSPS) is 13.0. The van der Waals surface area contributed by atoms with E-state index < -0.39 is 16.1 Å². The fourth-order valence-corrected chi connectivity index (χ4v) is 3.01. The van der Waals surface area contributed by atoms with Crippen molar-refractivity contribution in [1.82, 2.24) is 4.72 Å². The first-order valence-corrected chi connectivity index (χ1v) is 8.84. The molecule has 1 aromatic heterocycles. The number of hydrogen-bond donors (Lipinski definition) is 1. The van der Waals surface area contributed by atoms with Gasteiger partial charge in [-0.25, -0.2) is 13.1 Å². The topological polar surface area (TPSA) is 77.8 Å². The van der Waals surface area contributed by atoms with Crippen molar-refractivity contribution in [3.8, 4) is 5.75 Å². The minimum Gasteiger partial charge on any atom is -0.494 e. The molecule has 1 N–H and O–H groups in total. The van der Waals surface area contributed by atoms with Gasteiger partial charge in [-0.2, -0.15) is 0 Å². The van der Waals surface area contributed by atoms with Crippen molar-refractivity contribution in [2.75, 3.05) is 20.3 Å². The van der Waals surface area contributed by atoms with Gasteiger partial charge in [-0.3, -0.25) is 0 Å². The molecule has 0 spiro atoms. The Hall–Kier alpha value is -1.83. The Bertz CT molecular complexity index is 680. The van der Waals surface area contributed by atoms with Gasteiger partial charge in [0, 0.05) is 13.7 Å². The molecular weight excluding hydrogens is 318 g/mol. The van der Waals surface area contributed by atoms with Crippen molar-refractivity contribution < 1.29 is 22.3 Å². The summed E-state index contributed by atoms with van der Waals surface area (Å²) in [5, 5.41) is 0. The molecule has 7 heteroatoms. The summed E-state index contributed by atoms with van der Waals surface area (Å²) in [6.07, 6.45) is 1.93. The maximum Gasteiger partial charge on any atom is 0.240 e. The molecule has 23 heavy (non-hydrogen) atoms. The van der Waals surface area contributed by atoms with Crippen LogP contribution in [0, 0.1) is 0 Å². The van der Waals surface area contributed by atoms with E-state index in [0.717, 1.165) is 6.42 Å². The highest BCUT2D eigenvalue weighted by Gasteiger charge is 2.19. The van der Waals surface area contributed by atoms with Crippen LogP contribution in [0.25, 0.3) is 0 Å². The molecule has 0 radical (unpaired) electrons. The average molecular weight is 339 g/mol. The Balaban J connectivity index is 2.00. The molecule has 1 aromatic carbocycles. The number of sulfonamides is 1. The minimum atomic E-state index is -3.62. The number of hydrogen-bond acceptors (Lipinski definition) is 5. The average Bonchev–Trinajstić information content (AvgIpc) is 3.08. The lowest BCUT2D eigenvalue weighted by molar-refractivity contribution is 0.0878. The van der Waals surface area contributed by atoms with Crippen LogP contribution < -0.4 is 9.46 Å². The smallest absolute Gasteiger partial charge is 0.240 e. The van der Waals surface area contributed by atoms with E-state index in [1.165, 1.54) is 25.5 Å². The first-order valence-electron chi connectivity index (χ1n) is 7.35. The van der Waals surface area contributed by atoms with Crippen molar-refractivity contribution in [1.29, 1.82) is 0 Å². The highest BCUT2D eigenvalue weighted by atomic mass is 32.2. The Morgan fingerprint density at radius 2 is 1.96 bits per heavy atom. The van der Waals surface area contributed by atoms with Crippen LogP contribution in [-0.2, 0) is 14.8 Å².